The predicted octanol–water partition coefficient (Wildman–Crippen LogP) is 1.13. The Morgan fingerprint density at radius 1 is 1.56 bits per heavy atom. The van der Waals surface area contributed by atoms with Crippen LogP contribution in [0.4, 0.5) is 0 Å². The summed E-state index contributed by atoms with van der Waals surface area (Å²) in [5.74, 6) is 0. The molecule has 1 unspecified atom stereocenters. The minimum atomic E-state index is 0.573. The largest absolute Gasteiger partial charge is 0.329 e. The van der Waals surface area contributed by atoms with Crippen molar-refractivity contribution < 1.29 is 0 Å². The molecule has 0 radical (unpaired) electrons. The fourth-order valence-electron chi connectivity index (χ4n) is 2.55. The molecule has 0 saturated carbocycles. The zero-order chi connectivity index (χ0) is 11.5. The van der Waals surface area contributed by atoms with Gasteiger partial charge in [-0.15, -0.1) is 0 Å². The molecule has 2 rings (SSSR count). The lowest BCUT2D eigenvalue weighted by Crippen LogP contribution is -2.34. The first-order valence-corrected chi connectivity index (χ1v) is 6.21. The third kappa shape index (κ3) is 2.13. The van der Waals surface area contributed by atoms with Crippen LogP contribution in [0.5, 0.6) is 0 Å². The summed E-state index contributed by atoms with van der Waals surface area (Å²) in [7, 11) is 0. The first-order chi connectivity index (χ1) is 7.76. The van der Waals surface area contributed by atoms with E-state index in [9.17, 15) is 0 Å². The van der Waals surface area contributed by atoms with Crippen LogP contribution in [-0.2, 0) is 13.1 Å². The number of aryl methyl sites for hydroxylation is 1. The van der Waals surface area contributed by atoms with E-state index in [1.807, 2.05) is 6.20 Å². The molecule has 0 aliphatic carbocycles. The van der Waals surface area contributed by atoms with Crippen LogP contribution < -0.4 is 5.73 Å². The Kier molecular flexibility index (Phi) is 3.61. The third-order valence-corrected chi connectivity index (χ3v) is 3.65. The van der Waals surface area contributed by atoms with Gasteiger partial charge in [0.2, 0.25) is 0 Å². The Morgan fingerprint density at radius 2 is 2.38 bits per heavy atom. The molecule has 2 N–H and O–H groups in total. The average Bonchev–Trinajstić information content (AvgIpc) is 2.87. The molecule has 1 saturated heterocycles. The zero-order valence-corrected chi connectivity index (χ0v) is 10.3. The lowest BCUT2D eigenvalue weighted by atomic mass is 10.2. The molecule has 16 heavy (non-hydrogen) atoms. The maximum atomic E-state index is 5.78. The van der Waals surface area contributed by atoms with Crippen LogP contribution in [-0.4, -0.2) is 33.8 Å². The minimum Gasteiger partial charge on any atom is -0.329 e. The topological polar surface area (TPSA) is 47.1 Å². The first-order valence-electron chi connectivity index (χ1n) is 6.21. The van der Waals surface area contributed by atoms with Gasteiger partial charge in [-0.05, 0) is 33.2 Å². The number of hydrogen-bond donors (Lipinski definition) is 1. The number of likely N-dealkylation sites (tertiary alicyclic amines) is 1. The van der Waals surface area contributed by atoms with E-state index >= 15 is 0 Å². The van der Waals surface area contributed by atoms with Gasteiger partial charge in [0, 0.05) is 36.9 Å². The van der Waals surface area contributed by atoms with E-state index in [0.29, 0.717) is 6.04 Å². The molecule has 1 aliphatic heterocycles. The summed E-state index contributed by atoms with van der Waals surface area (Å²) in [6.45, 7) is 8.20. The van der Waals surface area contributed by atoms with Gasteiger partial charge in [0.05, 0.1) is 6.20 Å². The van der Waals surface area contributed by atoms with E-state index in [2.05, 4.69) is 28.5 Å². The molecule has 1 aromatic heterocycles. The summed E-state index contributed by atoms with van der Waals surface area (Å²) >= 11 is 0. The molecule has 2 heterocycles. The van der Waals surface area contributed by atoms with Crippen molar-refractivity contribution in [2.45, 2.75) is 45.8 Å². The van der Waals surface area contributed by atoms with Gasteiger partial charge in [0.1, 0.15) is 0 Å². The van der Waals surface area contributed by atoms with Crippen LogP contribution in [0.3, 0.4) is 0 Å². The summed E-state index contributed by atoms with van der Waals surface area (Å²) in [5.41, 5.74) is 8.43. The molecule has 90 valence electrons. The molecule has 1 atom stereocenters. The highest BCUT2D eigenvalue weighted by Crippen LogP contribution is 2.20. The second-order valence-electron chi connectivity index (χ2n) is 4.57. The Balaban J connectivity index is 2.05. The monoisotopic (exact) mass is 222 g/mol. The Labute approximate surface area is 97.4 Å². The molecular formula is C12H22N4. The van der Waals surface area contributed by atoms with Crippen molar-refractivity contribution in [2.24, 2.45) is 5.73 Å². The van der Waals surface area contributed by atoms with Crippen molar-refractivity contribution in [3.63, 3.8) is 0 Å². The summed E-state index contributed by atoms with van der Waals surface area (Å²) in [6, 6.07) is 0.573. The number of rotatable bonds is 4. The van der Waals surface area contributed by atoms with E-state index in [4.69, 9.17) is 5.73 Å². The van der Waals surface area contributed by atoms with Gasteiger partial charge in [-0.25, -0.2) is 0 Å². The zero-order valence-electron chi connectivity index (χ0n) is 10.3. The fraction of sp³-hybridized carbons (Fsp3) is 0.750. The van der Waals surface area contributed by atoms with Crippen LogP contribution in [0.25, 0.3) is 0 Å². The standard InChI is InChI=1S/C12H22N4/c1-3-16-10(2)11(8-14-16)9-15-6-4-5-12(15)7-13/h8,12H,3-7,9,13H2,1-2H3. The highest BCUT2D eigenvalue weighted by molar-refractivity contribution is 5.16. The van der Waals surface area contributed by atoms with Crippen molar-refractivity contribution in [1.82, 2.24) is 14.7 Å². The third-order valence-electron chi connectivity index (χ3n) is 3.65. The molecule has 1 aromatic rings. The van der Waals surface area contributed by atoms with Gasteiger partial charge in [-0.1, -0.05) is 0 Å². The summed E-state index contributed by atoms with van der Waals surface area (Å²) in [5, 5.41) is 4.39. The highest BCUT2D eigenvalue weighted by Gasteiger charge is 2.23. The number of nitrogens with two attached hydrogens (primary N) is 1. The normalized spacial score (nSPS) is 21.8. The van der Waals surface area contributed by atoms with Gasteiger partial charge in [-0.2, -0.15) is 5.10 Å². The van der Waals surface area contributed by atoms with Gasteiger partial charge in [0.15, 0.2) is 0 Å². The van der Waals surface area contributed by atoms with E-state index < -0.39 is 0 Å². The van der Waals surface area contributed by atoms with Gasteiger partial charge >= 0.3 is 0 Å². The van der Waals surface area contributed by atoms with Gasteiger partial charge < -0.3 is 5.73 Å². The van der Waals surface area contributed by atoms with Crippen LogP contribution in [0.15, 0.2) is 6.20 Å². The highest BCUT2D eigenvalue weighted by atomic mass is 15.3. The van der Waals surface area contributed by atoms with Crippen molar-refractivity contribution in [1.29, 1.82) is 0 Å². The molecule has 1 fully saturated rings. The van der Waals surface area contributed by atoms with Crippen LogP contribution in [0.1, 0.15) is 31.0 Å². The van der Waals surface area contributed by atoms with Crippen molar-refractivity contribution in [2.75, 3.05) is 13.1 Å². The molecule has 0 bridgehead atoms. The fourth-order valence-corrected chi connectivity index (χ4v) is 2.55. The molecule has 4 nitrogen and oxygen atoms in total. The van der Waals surface area contributed by atoms with E-state index in [1.54, 1.807) is 0 Å². The number of aromatic nitrogens is 2. The first kappa shape index (κ1) is 11.6. The lowest BCUT2D eigenvalue weighted by molar-refractivity contribution is 0.249. The Hall–Kier alpha value is -0.870. The van der Waals surface area contributed by atoms with Crippen LogP contribution in [0, 0.1) is 6.92 Å². The Morgan fingerprint density at radius 3 is 3.00 bits per heavy atom. The molecule has 0 aromatic carbocycles. The Bertz CT molecular complexity index is 345. The van der Waals surface area contributed by atoms with Crippen molar-refractivity contribution in [3.8, 4) is 0 Å². The quantitative estimate of drug-likeness (QED) is 0.831. The SMILES string of the molecule is CCn1ncc(CN2CCCC2CN)c1C. The summed E-state index contributed by atoms with van der Waals surface area (Å²) in [4.78, 5) is 2.49. The van der Waals surface area contributed by atoms with E-state index in [0.717, 1.165) is 19.6 Å². The maximum absolute atomic E-state index is 5.78. The summed E-state index contributed by atoms with van der Waals surface area (Å²) in [6.07, 6.45) is 4.53. The molecule has 4 heteroatoms. The second kappa shape index (κ2) is 4.97. The second-order valence-corrected chi connectivity index (χ2v) is 4.57. The molecule has 1 aliphatic rings. The number of hydrogen-bond acceptors (Lipinski definition) is 3. The van der Waals surface area contributed by atoms with Gasteiger partial charge in [0.25, 0.3) is 0 Å². The van der Waals surface area contributed by atoms with E-state index in [1.165, 1.54) is 30.6 Å². The predicted molar refractivity (Wildman–Crippen MR) is 65.1 cm³/mol. The van der Waals surface area contributed by atoms with Crippen molar-refractivity contribution >= 4 is 0 Å². The van der Waals surface area contributed by atoms with Crippen LogP contribution >= 0.6 is 0 Å². The van der Waals surface area contributed by atoms with Gasteiger partial charge in [-0.3, -0.25) is 9.58 Å². The van der Waals surface area contributed by atoms with E-state index in [-0.39, 0.29) is 0 Å². The molecule has 0 spiro atoms. The average molecular weight is 222 g/mol. The molecule has 0 amide bonds. The molecular weight excluding hydrogens is 200 g/mol. The summed E-state index contributed by atoms with van der Waals surface area (Å²) < 4.78 is 2.06. The maximum Gasteiger partial charge on any atom is 0.0537 e. The lowest BCUT2D eigenvalue weighted by Gasteiger charge is -2.22. The smallest absolute Gasteiger partial charge is 0.0537 e. The minimum absolute atomic E-state index is 0.573. The van der Waals surface area contributed by atoms with Crippen molar-refractivity contribution in [3.05, 3.63) is 17.5 Å². The number of nitrogens with zero attached hydrogens (tertiary/aromatic N) is 3. The van der Waals surface area contributed by atoms with Crippen LogP contribution in [0.2, 0.25) is 0 Å².